The summed E-state index contributed by atoms with van der Waals surface area (Å²) in [4.78, 5) is 0. The summed E-state index contributed by atoms with van der Waals surface area (Å²) in [5.74, 6) is 4.56. The summed E-state index contributed by atoms with van der Waals surface area (Å²) in [5.41, 5.74) is 4.89. The van der Waals surface area contributed by atoms with Crippen LogP contribution in [0.5, 0.6) is 0 Å². The molecule has 0 atom stereocenters. The predicted molar refractivity (Wildman–Crippen MR) is 22.6 cm³/mol. The minimum atomic E-state index is 0.358. The molecule has 0 saturated carbocycles. The first-order valence-electron chi connectivity index (χ1n) is 1.30. The van der Waals surface area contributed by atoms with Gasteiger partial charge in [-0.15, -0.1) is 5.92 Å². The lowest BCUT2D eigenvalue weighted by molar-refractivity contribution is 1.30. The largest absolute Gasteiger partial charge is 0.320 e. The average molecular weight is 64.9 g/mol. The number of hydrogen-bond donors (Lipinski definition) is 1. The van der Waals surface area contributed by atoms with Crippen LogP contribution in [0.15, 0.2) is 0 Å². The van der Waals surface area contributed by atoms with Gasteiger partial charge in [0.2, 0.25) is 0 Å². The summed E-state index contributed by atoms with van der Waals surface area (Å²) in [7, 11) is 4.70. The van der Waals surface area contributed by atoms with Gasteiger partial charge in [-0.25, -0.2) is 0 Å². The van der Waals surface area contributed by atoms with Crippen LogP contribution in [0.1, 0.15) is 0 Å². The summed E-state index contributed by atoms with van der Waals surface area (Å²) < 4.78 is 0. The maximum absolute atomic E-state index is 4.89. The van der Waals surface area contributed by atoms with Crippen LogP contribution in [0.3, 0.4) is 0 Å². The Balaban J connectivity index is 2.81. The maximum atomic E-state index is 4.89. The van der Waals surface area contributed by atoms with Gasteiger partial charge in [-0.05, 0) is 0 Å². The van der Waals surface area contributed by atoms with Gasteiger partial charge in [-0.2, -0.15) is 5.82 Å². The fourth-order valence-corrected chi connectivity index (χ4v) is 0.0589. The second kappa shape index (κ2) is 3.58. The van der Waals surface area contributed by atoms with Crippen LogP contribution in [0, 0.1) is 11.7 Å². The predicted octanol–water partition coefficient (Wildman–Crippen LogP) is -0.925. The van der Waals surface area contributed by atoms with Gasteiger partial charge in [-0.3, -0.25) is 0 Å². The van der Waals surface area contributed by atoms with Crippen LogP contribution >= 0.6 is 0 Å². The fraction of sp³-hybridized carbons (Fsp3) is 0.333. The molecule has 0 aliphatic rings. The molecule has 2 heteroatoms. The third-order valence-corrected chi connectivity index (χ3v) is 0.204. The van der Waals surface area contributed by atoms with E-state index >= 15 is 0 Å². The van der Waals surface area contributed by atoms with E-state index in [-0.39, 0.29) is 0 Å². The zero-order chi connectivity index (χ0) is 4.12. The van der Waals surface area contributed by atoms with E-state index in [1.165, 1.54) is 0 Å². The van der Waals surface area contributed by atoms with Crippen molar-refractivity contribution in [3.05, 3.63) is 0 Å². The van der Waals surface area contributed by atoms with E-state index in [2.05, 4.69) is 11.7 Å². The highest BCUT2D eigenvalue weighted by atomic mass is 14.5. The van der Waals surface area contributed by atoms with E-state index in [0.29, 0.717) is 6.54 Å². The van der Waals surface area contributed by atoms with Crippen molar-refractivity contribution in [1.29, 1.82) is 0 Å². The molecule has 0 fully saturated rings. The van der Waals surface area contributed by atoms with Gasteiger partial charge in [0.25, 0.3) is 0 Å². The van der Waals surface area contributed by atoms with Gasteiger partial charge in [-0.1, -0.05) is 0 Å². The summed E-state index contributed by atoms with van der Waals surface area (Å²) in [5, 5.41) is 0. The lowest BCUT2D eigenvalue weighted by Gasteiger charge is -1.61. The molecule has 0 bridgehead atoms. The zero-order valence-electron chi connectivity index (χ0n) is 2.86. The van der Waals surface area contributed by atoms with E-state index < -0.39 is 0 Å². The molecule has 0 rings (SSSR count). The van der Waals surface area contributed by atoms with Crippen molar-refractivity contribution in [1.82, 2.24) is 0 Å². The van der Waals surface area contributed by atoms with Gasteiger partial charge < -0.3 is 5.73 Å². The molecule has 0 aromatic rings. The van der Waals surface area contributed by atoms with Gasteiger partial charge in [0.1, 0.15) is 0 Å². The molecule has 1 nitrogen and oxygen atoms in total. The summed E-state index contributed by atoms with van der Waals surface area (Å²) >= 11 is 0. The van der Waals surface area contributed by atoms with Crippen molar-refractivity contribution in [2.24, 2.45) is 5.73 Å². The van der Waals surface area contributed by atoms with Gasteiger partial charge in [0, 0.05) is 0 Å². The van der Waals surface area contributed by atoms with Crippen LogP contribution < -0.4 is 5.73 Å². The highest BCUT2D eigenvalue weighted by molar-refractivity contribution is 6.22. The lowest BCUT2D eigenvalue weighted by atomic mass is 10.2. The van der Waals surface area contributed by atoms with Gasteiger partial charge >= 0.3 is 0 Å². The smallest absolute Gasteiger partial charge is 0.187 e. The topological polar surface area (TPSA) is 26.0 Å². The number of nitrogens with two attached hydrogens (primary N) is 1. The standard InChI is InChI=1S/C3H4BN/c4-2-1-3-5/h3,5H2. The van der Waals surface area contributed by atoms with E-state index in [1.807, 2.05) is 0 Å². The first-order chi connectivity index (χ1) is 2.41. The Morgan fingerprint density at radius 1 is 1.80 bits per heavy atom. The molecular formula is C3H4BN. The maximum Gasteiger partial charge on any atom is 0.187 e. The first kappa shape index (κ1) is 4.58. The number of rotatable bonds is 0. The van der Waals surface area contributed by atoms with E-state index in [1.54, 1.807) is 0 Å². The Morgan fingerprint density at radius 2 is 2.40 bits per heavy atom. The molecule has 0 aliphatic heterocycles. The Kier molecular flexibility index (Phi) is 3.29. The van der Waals surface area contributed by atoms with E-state index in [0.717, 1.165) is 0 Å². The molecule has 2 N–H and O–H groups in total. The van der Waals surface area contributed by atoms with Crippen molar-refractivity contribution >= 4 is 7.85 Å². The molecule has 0 saturated heterocycles. The summed E-state index contributed by atoms with van der Waals surface area (Å²) in [6, 6.07) is 0. The van der Waals surface area contributed by atoms with Gasteiger partial charge in [0.05, 0.1) is 6.54 Å². The van der Waals surface area contributed by atoms with Crippen LogP contribution in [0.25, 0.3) is 0 Å². The van der Waals surface area contributed by atoms with Crippen molar-refractivity contribution in [3.63, 3.8) is 0 Å². The highest BCUT2D eigenvalue weighted by Crippen LogP contribution is 1.34. The molecule has 0 heterocycles. The van der Waals surface area contributed by atoms with Crippen LogP contribution in [-0.4, -0.2) is 14.4 Å². The minimum absolute atomic E-state index is 0.358. The molecule has 2 radical (unpaired) electrons. The third-order valence-electron chi connectivity index (χ3n) is 0.204. The van der Waals surface area contributed by atoms with Crippen molar-refractivity contribution < 1.29 is 0 Å². The molecule has 0 aromatic heterocycles. The quantitative estimate of drug-likeness (QED) is 0.286. The zero-order valence-corrected chi connectivity index (χ0v) is 2.86. The molecule has 0 unspecified atom stereocenters. The molecule has 0 aromatic carbocycles. The van der Waals surface area contributed by atoms with Crippen molar-refractivity contribution in [2.75, 3.05) is 6.54 Å². The Hall–Kier alpha value is -0.415. The fourth-order valence-electron chi connectivity index (χ4n) is 0.0589. The van der Waals surface area contributed by atoms with E-state index in [9.17, 15) is 0 Å². The molecular weight excluding hydrogens is 60.9 g/mol. The highest BCUT2D eigenvalue weighted by Gasteiger charge is 1.47. The average Bonchev–Trinajstić information content (AvgIpc) is 1.41. The van der Waals surface area contributed by atoms with Crippen molar-refractivity contribution in [3.8, 4) is 11.7 Å². The van der Waals surface area contributed by atoms with Crippen molar-refractivity contribution in [2.45, 2.75) is 0 Å². The van der Waals surface area contributed by atoms with Crippen LogP contribution in [-0.2, 0) is 0 Å². The second-order valence-corrected chi connectivity index (χ2v) is 0.525. The molecule has 5 heavy (non-hydrogen) atoms. The third kappa shape index (κ3) is 3.58. The van der Waals surface area contributed by atoms with Crippen LogP contribution in [0.4, 0.5) is 0 Å². The molecule has 0 amide bonds. The number of hydrogen-bond acceptors (Lipinski definition) is 1. The molecule has 24 valence electrons. The minimum Gasteiger partial charge on any atom is -0.320 e. The Morgan fingerprint density at radius 3 is 2.40 bits per heavy atom. The lowest BCUT2D eigenvalue weighted by Crippen LogP contribution is -1.92. The monoisotopic (exact) mass is 65.0 g/mol. The Labute approximate surface area is 33.0 Å². The van der Waals surface area contributed by atoms with E-state index in [4.69, 9.17) is 13.6 Å². The molecule has 0 aliphatic carbocycles. The summed E-state index contributed by atoms with van der Waals surface area (Å²) in [6.07, 6.45) is 0. The van der Waals surface area contributed by atoms with Gasteiger partial charge in [0.15, 0.2) is 7.85 Å². The Bertz CT molecular complexity index is 59.0. The summed E-state index contributed by atoms with van der Waals surface area (Å²) in [6.45, 7) is 0.358. The normalized spacial score (nSPS) is 5.00. The first-order valence-corrected chi connectivity index (χ1v) is 1.30. The SMILES string of the molecule is [B]C#CCN. The van der Waals surface area contributed by atoms with Crippen LogP contribution in [0.2, 0.25) is 0 Å². The molecule has 0 spiro atoms. The second-order valence-electron chi connectivity index (χ2n) is 0.525.